The summed E-state index contributed by atoms with van der Waals surface area (Å²) in [6, 6.07) is 10.3. The first kappa shape index (κ1) is 18.9. The lowest BCUT2D eigenvalue weighted by Gasteiger charge is -2.11. The minimum Gasteiger partial charge on any atom is -0.368 e. The fraction of sp³-hybridized carbons (Fsp3) is 0.263. The first-order chi connectivity index (χ1) is 12.6. The van der Waals surface area contributed by atoms with Crippen LogP contribution >= 0.6 is 0 Å². The molecule has 0 saturated heterocycles. The van der Waals surface area contributed by atoms with Crippen molar-refractivity contribution in [2.45, 2.75) is 32.9 Å². The maximum Gasteiger partial charge on any atom is 0.255 e. The Balaban J connectivity index is 1.96. The standard InChI is InChI=1S/C19H22N4O3S/c1-11(2)27(25,26)23-17-8-7-15(10-16(17)22-19(23)20)21-18(24)14-6-5-12(3)13(4)9-14/h5-11H,1-4H3,(H2,20,22)(H,21,24). The van der Waals surface area contributed by atoms with E-state index in [0.717, 1.165) is 15.1 Å². The summed E-state index contributed by atoms with van der Waals surface area (Å²) < 4.78 is 26.1. The van der Waals surface area contributed by atoms with Gasteiger partial charge in [-0.05, 0) is 69.2 Å². The number of imidazole rings is 1. The van der Waals surface area contributed by atoms with E-state index in [4.69, 9.17) is 5.73 Å². The molecule has 1 amide bonds. The topological polar surface area (TPSA) is 107 Å². The minimum absolute atomic E-state index is 0.101. The first-order valence-electron chi connectivity index (χ1n) is 8.52. The fourth-order valence-corrected chi connectivity index (χ4v) is 3.87. The van der Waals surface area contributed by atoms with Gasteiger partial charge in [-0.15, -0.1) is 0 Å². The van der Waals surface area contributed by atoms with Gasteiger partial charge in [-0.25, -0.2) is 17.4 Å². The molecule has 2 aromatic carbocycles. The number of carbonyl (C=O) groups excluding carboxylic acids is 1. The van der Waals surface area contributed by atoms with Gasteiger partial charge in [-0.3, -0.25) is 4.79 Å². The van der Waals surface area contributed by atoms with Gasteiger partial charge in [0.1, 0.15) is 0 Å². The van der Waals surface area contributed by atoms with Gasteiger partial charge < -0.3 is 11.1 Å². The molecule has 1 aromatic heterocycles. The van der Waals surface area contributed by atoms with Crippen LogP contribution in [-0.2, 0) is 10.0 Å². The highest BCUT2D eigenvalue weighted by molar-refractivity contribution is 7.90. The quantitative estimate of drug-likeness (QED) is 0.716. The first-order valence-corrected chi connectivity index (χ1v) is 10.0. The van der Waals surface area contributed by atoms with E-state index in [-0.39, 0.29) is 11.9 Å². The monoisotopic (exact) mass is 386 g/mol. The molecule has 0 spiro atoms. The molecular weight excluding hydrogens is 364 g/mol. The molecule has 3 rings (SSSR count). The van der Waals surface area contributed by atoms with Crippen molar-refractivity contribution in [3.63, 3.8) is 0 Å². The summed E-state index contributed by atoms with van der Waals surface area (Å²) in [5.74, 6) is -0.351. The lowest BCUT2D eigenvalue weighted by Crippen LogP contribution is -2.23. The van der Waals surface area contributed by atoms with Gasteiger partial charge in [-0.1, -0.05) is 6.07 Å². The van der Waals surface area contributed by atoms with Gasteiger partial charge in [0.15, 0.2) is 0 Å². The zero-order valence-corrected chi connectivity index (χ0v) is 16.5. The molecule has 3 aromatic rings. The molecule has 0 fully saturated rings. The van der Waals surface area contributed by atoms with Crippen molar-refractivity contribution in [3.8, 4) is 0 Å². The van der Waals surface area contributed by atoms with Crippen molar-refractivity contribution in [3.05, 3.63) is 53.1 Å². The van der Waals surface area contributed by atoms with Crippen LogP contribution < -0.4 is 11.1 Å². The predicted octanol–water partition coefficient (Wildman–Crippen LogP) is 3.07. The normalized spacial score (nSPS) is 11.9. The molecule has 1 heterocycles. The number of aryl methyl sites for hydroxylation is 2. The molecule has 7 nitrogen and oxygen atoms in total. The van der Waals surface area contributed by atoms with Gasteiger partial charge in [0.05, 0.1) is 16.3 Å². The molecule has 0 aliphatic rings. The van der Waals surface area contributed by atoms with Crippen LogP contribution in [0, 0.1) is 13.8 Å². The Bertz CT molecular complexity index is 1150. The Labute approximate surface area is 158 Å². The second-order valence-electron chi connectivity index (χ2n) is 6.78. The zero-order chi connectivity index (χ0) is 19.9. The van der Waals surface area contributed by atoms with Gasteiger partial charge in [0, 0.05) is 11.3 Å². The number of hydrogen-bond donors (Lipinski definition) is 2. The average molecular weight is 386 g/mol. The van der Waals surface area contributed by atoms with Crippen LogP contribution in [0.3, 0.4) is 0 Å². The van der Waals surface area contributed by atoms with Crippen LogP contribution in [0.4, 0.5) is 11.6 Å². The number of hydrogen-bond acceptors (Lipinski definition) is 5. The third kappa shape index (κ3) is 3.40. The van der Waals surface area contributed by atoms with Crippen molar-refractivity contribution in [2.75, 3.05) is 11.1 Å². The second kappa shape index (κ2) is 6.70. The molecule has 0 saturated carbocycles. The summed E-state index contributed by atoms with van der Waals surface area (Å²) >= 11 is 0. The molecule has 0 aliphatic carbocycles. The Hall–Kier alpha value is -2.87. The molecule has 0 unspecified atom stereocenters. The maximum absolute atomic E-state index is 12.5. The Kier molecular flexibility index (Phi) is 4.69. The summed E-state index contributed by atoms with van der Waals surface area (Å²) in [4.78, 5) is 16.6. The molecular formula is C19H22N4O3S. The highest BCUT2D eigenvalue weighted by Gasteiger charge is 2.24. The van der Waals surface area contributed by atoms with Gasteiger partial charge in [-0.2, -0.15) is 0 Å². The van der Waals surface area contributed by atoms with E-state index in [0.29, 0.717) is 22.3 Å². The molecule has 142 valence electrons. The van der Waals surface area contributed by atoms with E-state index in [1.165, 1.54) is 0 Å². The lowest BCUT2D eigenvalue weighted by atomic mass is 10.1. The smallest absolute Gasteiger partial charge is 0.255 e. The van der Waals surface area contributed by atoms with Gasteiger partial charge in [0.2, 0.25) is 16.0 Å². The van der Waals surface area contributed by atoms with Crippen molar-refractivity contribution >= 4 is 38.6 Å². The summed E-state index contributed by atoms with van der Waals surface area (Å²) in [6.07, 6.45) is 0. The number of carbonyl (C=O) groups is 1. The molecule has 0 bridgehead atoms. The number of aromatic nitrogens is 2. The van der Waals surface area contributed by atoms with Crippen LogP contribution in [0.5, 0.6) is 0 Å². The average Bonchev–Trinajstić information content (AvgIpc) is 2.92. The Morgan fingerprint density at radius 3 is 2.44 bits per heavy atom. The third-order valence-corrected chi connectivity index (χ3v) is 6.60. The summed E-state index contributed by atoms with van der Waals surface area (Å²) in [6.45, 7) is 7.09. The molecule has 27 heavy (non-hydrogen) atoms. The van der Waals surface area contributed by atoms with E-state index >= 15 is 0 Å². The van der Waals surface area contributed by atoms with Crippen LogP contribution in [0.2, 0.25) is 0 Å². The van der Waals surface area contributed by atoms with Crippen LogP contribution in [-0.4, -0.2) is 28.5 Å². The lowest BCUT2D eigenvalue weighted by molar-refractivity contribution is 0.102. The number of amides is 1. The van der Waals surface area contributed by atoms with Crippen molar-refractivity contribution < 1.29 is 13.2 Å². The molecule has 0 aliphatic heterocycles. The van der Waals surface area contributed by atoms with Crippen LogP contribution in [0.25, 0.3) is 11.0 Å². The number of nitrogens with zero attached hydrogens (tertiary/aromatic N) is 2. The number of benzene rings is 2. The Morgan fingerprint density at radius 1 is 1.11 bits per heavy atom. The summed E-state index contributed by atoms with van der Waals surface area (Å²) in [5.41, 5.74) is 9.81. The number of nitrogens with one attached hydrogen (secondary N) is 1. The van der Waals surface area contributed by atoms with E-state index < -0.39 is 15.3 Å². The van der Waals surface area contributed by atoms with E-state index in [9.17, 15) is 13.2 Å². The summed E-state index contributed by atoms with van der Waals surface area (Å²) in [5, 5.41) is 2.17. The second-order valence-corrected chi connectivity index (χ2v) is 9.12. The van der Waals surface area contributed by atoms with Crippen LogP contribution in [0.15, 0.2) is 36.4 Å². The van der Waals surface area contributed by atoms with E-state index in [1.807, 2.05) is 26.0 Å². The maximum atomic E-state index is 12.5. The largest absolute Gasteiger partial charge is 0.368 e. The number of rotatable bonds is 4. The highest BCUT2D eigenvalue weighted by Crippen LogP contribution is 2.25. The van der Waals surface area contributed by atoms with E-state index in [2.05, 4.69) is 10.3 Å². The van der Waals surface area contributed by atoms with Gasteiger partial charge >= 0.3 is 0 Å². The number of anilines is 2. The molecule has 3 N–H and O–H groups in total. The number of fused-ring (bicyclic) bond motifs is 1. The highest BCUT2D eigenvalue weighted by atomic mass is 32.2. The minimum atomic E-state index is -3.64. The fourth-order valence-electron chi connectivity index (χ4n) is 2.72. The number of nitrogen functional groups attached to an aromatic ring is 1. The van der Waals surface area contributed by atoms with Crippen LogP contribution in [0.1, 0.15) is 35.3 Å². The van der Waals surface area contributed by atoms with Crippen molar-refractivity contribution in [2.24, 2.45) is 0 Å². The third-order valence-electron chi connectivity index (χ3n) is 4.51. The molecule has 8 heteroatoms. The SMILES string of the molecule is Cc1ccc(C(=O)Nc2ccc3c(c2)nc(N)n3S(=O)(=O)C(C)C)cc1C. The zero-order valence-electron chi connectivity index (χ0n) is 15.6. The van der Waals surface area contributed by atoms with Crippen molar-refractivity contribution in [1.29, 1.82) is 0 Å². The Morgan fingerprint density at radius 2 is 1.81 bits per heavy atom. The summed E-state index contributed by atoms with van der Waals surface area (Å²) in [7, 11) is -3.64. The van der Waals surface area contributed by atoms with Crippen molar-refractivity contribution in [1.82, 2.24) is 8.96 Å². The van der Waals surface area contributed by atoms with Gasteiger partial charge in [0.25, 0.3) is 5.91 Å². The molecule has 0 atom stereocenters. The predicted molar refractivity (Wildman–Crippen MR) is 107 cm³/mol. The number of nitrogens with two attached hydrogens (primary N) is 1. The van der Waals surface area contributed by atoms with E-state index in [1.54, 1.807) is 38.1 Å². The molecule has 0 radical (unpaired) electrons.